The first-order valence-electron chi connectivity index (χ1n) is 8.33. The Morgan fingerprint density at radius 1 is 1.33 bits per heavy atom. The van der Waals surface area contributed by atoms with Crippen LogP contribution in [0.15, 0.2) is 42.0 Å². The molecule has 2 aromatic heterocycles. The molecule has 0 unspecified atom stereocenters. The van der Waals surface area contributed by atoms with Crippen molar-refractivity contribution < 1.29 is 9.53 Å². The van der Waals surface area contributed by atoms with Gasteiger partial charge in [-0.05, 0) is 35.4 Å². The lowest BCUT2D eigenvalue weighted by Gasteiger charge is -2.32. The fourth-order valence-corrected chi connectivity index (χ4v) is 4.53. The third-order valence-electron chi connectivity index (χ3n) is 4.94. The van der Waals surface area contributed by atoms with Gasteiger partial charge in [-0.2, -0.15) is 0 Å². The smallest absolute Gasteiger partial charge is 0.230 e. The summed E-state index contributed by atoms with van der Waals surface area (Å²) in [5.74, 6) is 0.784. The van der Waals surface area contributed by atoms with Crippen LogP contribution in [0.5, 0.6) is 0 Å². The minimum atomic E-state index is -0.0858. The number of nitrogens with one attached hydrogen (secondary N) is 1. The maximum absolute atomic E-state index is 12.7. The second kappa shape index (κ2) is 7.01. The number of nitrogens with zero attached hydrogens (tertiary/aromatic N) is 2. The van der Waals surface area contributed by atoms with Gasteiger partial charge in [0.25, 0.3) is 0 Å². The van der Waals surface area contributed by atoms with Gasteiger partial charge >= 0.3 is 0 Å². The molecule has 0 bridgehead atoms. The summed E-state index contributed by atoms with van der Waals surface area (Å²) in [4.78, 5) is 20.6. The van der Waals surface area contributed by atoms with Crippen molar-refractivity contribution in [3.63, 3.8) is 0 Å². The van der Waals surface area contributed by atoms with Crippen LogP contribution in [0.25, 0.3) is 0 Å². The largest absolute Gasteiger partial charge is 0.380 e. The number of rotatable bonds is 4. The number of thiophene rings is 1. The summed E-state index contributed by atoms with van der Waals surface area (Å²) in [7, 11) is 0. The molecule has 0 saturated carbocycles. The SMILES string of the molecule is O=C(Nc1cccnc1)[C@@H]1COC[C@@H]2CN(Cc3cccs3)C[C@@H]21. The molecular weight excluding hydrogens is 322 g/mol. The van der Waals surface area contributed by atoms with Crippen molar-refractivity contribution in [3.8, 4) is 0 Å². The Morgan fingerprint density at radius 2 is 2.29 bits per heavy atom. The molecule has 0 spiro atoms. The Bertz CT molecular complexity index is 677. The molecule has 1 N–H and O–H groups in total. The summed E-state index contributed by atoms with van der Waals surface area (Å²) in [6.07, 6.45) is 3.38. The van der Waals surface area contributed by atoms with Crippen LogP contribution in [-0.4, -0.2) is 42.1 Å². The molecule has 4 heterocycles. The van der Waals surface area contributed by atoms with Crippen molar-refractivity contribution in [2.75, 3.05) is 31.6 Å². The zero-order valence-electron chi connectivity index (χ0n) is 13.4. The first-order valence-corrected chi connectivity index (χ1v) is 9.21. The van der Waals surface area contributed by atoms with Crippen LogP contribution in [0.3, 0.4) is 0 Å². The van der Waals surface area contributed by atoms with Gasteiger partial charge in [0.05, 0.1) is 31.0 Å². The van der Waals surface area contributed by atoms with Gasteiger partial charge in [-0.15, -0.1) is 11.3 Å². The molecule has 0 radical (unpaired) electrons. The lowest BCUT2D eigenvalue weighted by atomic mass is 9.82. The molecule has 2 aromatic rings. The molecule has 0 aliphatic carbocycles. The van der Waals surface area contributed by atoms with Crippen molar-refractivity contribution in [1.29, 1.82) is 0 Å². The Kier molecular flexibility index (Phi) is 4.60. The van der Waals surface area contributed by atoms with Gasteiger partial charge < -0.3 is 10.1 Å². The van der Waals surface area contributed by atoms with Crippen molar-refractivity contribution >= 4 is 22.9 Å². The zero-order valence-corrected chi connectivity index (χ0v) is 14.2. The number of fused-ring (bicyclic) bond motifs is 1. The molecule has 126 valence electrons. The van der Waals surface area contributed by atoms with E-state index in [4.69, 9.17) is 4.74 Å². The number of carbonyl (C=O) groups excluding carboxylic acids is 1. The van der Waals surface area contributed by atoms with E-state index in [9.17, 15) is 4.79 Å². The van der Waals surface area contributed by atoms with Gasteiger partial charge in [0.1, 0.15) is 0 Å². The number of hydrogen-bond acceptors (Lipinski definition) is 5. The molecular formula is C18H21N3O2S. The fourth-order valence-electron chi connectivity index (χ4n) is 3.78. The predicted molar refractivity (Wildman–Crippen MR) is 93.8 cm³/mol. The van der Waals surface area contributed by atoms with Crippen molar-refractivity contribution in [2.24, 2.45) is 17.8 Å². The highest BCUT2D eigenvalue weighted by Crippen LogP contribution is 2.35. The normalized spacial score (nSPS) is 26.9. The summed E-state index contributed by atoms with van der Waals surface area (Å²) in [6.45, 7) is 4.24. The Morgan fingerprint density at radius 3 is 3.08 bits per heavy atom. The van der Waals surface area contributed by atoms with Crippen molar-refractivity contribution in [2.45, 2.75) is 6.54 Å². The number of hydrogen-bond donors (Lipinski definition) is 1. The Balaban J connectivity index is 1.42. The highest BCUT2D eigenvalue weighted by Gasteiger charge is 2.43. The van der Waals surface area contributed by atoms with Gasteiger partial charge in [0.2, 0.25) is 5.91 Å². The third-order valence-corrected chi connectivity index (χ3v) is 5.80. The lowest BCUT2D eigenvalue weighted by Crippen LogP contribution is -2.41. The number of aromatic nitrogens is 1. The quantitative estimate of drug-likeness (QED) is 0.927. The summed E-state index contributed by atoms with van der Waals surface area (Å²) in [5, 5.41) is 5.10. The molecule has 2 saturated heterocycles. The average Bonchev–Trinajstić information content (AvgIpc) is 3.24. The Hall–Kier alpha value is -1.76. The Labute approximate surface area is 145 Å². The van der Waals surface area contributed by atoms with E-state index < -0.39 is 0 Å². The maximum Gasteiger partial charge on any atom is 0.230 e. The summed E-state index contributed by atoms with van der Waals surface area (Å²) < 4.78 is 5.74. The van der Waals surface area contributed by atoms with Crippen LogP contribution >= 0.6 is 11.3 Å². The second-order valence-corrected chi connectivity index (χ2v) is 7.60. The first kappa shape index (κ1) is 15.7. The highest BCUT2D eigenvalue weighted by molar-refractivity contribution is 7.09. The standard InChI is InChI=1S/C18H21N3O2S/c22-18(20-14-3-1-5-19-7-14)17-12-23-11-13-8-21(10-16(13)17)9-15-4-2-6-24-15/h1-7,13,16-17H,8-12H2,(H,20,22)/t13-,16-,17+/m0/s1. The van der Waals surface area contributed by atoms with E-state index in [1.165, 1.54) is 4.88 Å². The van der Waals surface area contributed by atoms with Crippen molar-refractivity contribution in [3.05, 3.63) is 46.9 Å². The van der Waals surface area contributed by atoms with E-state index in [1.54, 1.807) is 23.7 Å². The van der Waals surface area contributed by atoms with Gasteiger partial charge in [0.15, 0.2) is 0 Å². The topological polar surface area (TPSA) is 54.5 Å². The van der Waals surface area contributed by atoms with E-state index in [-0.39, 0.29) is 11.8 Å². The molecule has 3 atom stereocenters. The van der Waals surface area contributed by atoms with Crippen LogP contribution in [-0.2, 0) is 16.1 Å². The van der Waals surface area contributed by atoms with Crippen LogP contribution in [0.1, 0.15) is 4.88 Å². The van der Waals surface area contributed by atoms with E-state index >= 15 is 0 Å². The van der Waals surface area contributed by atoms with Gasteiger partial charge in [-0.3, -0.25) is 14.7 Å². The first-order chi connectivity index (χ1) is 11.8. The molecule has 5 nitrogen and oxygen atoms in total. The second-order valence-electron chi connectivity index (χ2n) is 6.57. The minimum Gasteiger partial charge on any atom is -0.380 e. The molecule has 6 heteroatoms. The summed E-state index contributed by atoms with van der Waals surface area (Å²) >= 11 is 1.79. The molecule has 1 amide bonds. The van der Waals surface area contributed by atoms with Crippen LogP contribution in [0.2, 0.25) is 0 Å². The van der Waals surface area contributed by atoms with Gasteiger partial charge in [-0.25, -0.2) is 0 Å². The zero-order chi connectivity index (χ0) is 16.4. The van der Waals surface area contributed by atoms with E-state index in [0.29, 0.717) is 18.4 Å². The fraction of sp³-hybridized carbons (Fsp3) is 0.444. The molecule has 0 aromatic carbocycles. The number of amides is 1. The highest BCUT2D eigenvalue weighted by atomic mass is 32.1. The summed E-state index contributed by atoms with van der Waals surface area (Å²) in [5.41, 5.74) is 0.748. The van der Waals surface area contributed by atoms with E-state index in [0.717, 1.165) is 31.9 Å². The lowest BCUT2D eigenvalue weighted by molar-refractivity contribution is -0.128. The van der Waals surface area contributed by atoms with Crippen LogP contribution < -0.4 is 5.32 Å². The summed E-state index contributed by atoms with van der Waals surface area (Å²) in [6, 6.07) is 7.96. The van der Waals surface area contributed by atoms with Crippen molar-refractivity contribution in [1.82, 2.24) is 9.88 Å². The van der Waals surface area contributed by atoms with Crippen LogP contribution in [0, 0.1) is 17.8 Å². The van der Waals surface area contributed by atoms with Crippen LogP contribution in [0.4, 0.5) is 5.69 Å². The molecule has 2 aliphatic rings. The molecule has 2 fully saturated rings. The predicted octanol–water partition coefficient (Wildman–Crippen LogP) is 2.48. The maximum atomic E-state index is 12.7. The number of likely N-dealkylation sites (tertiary alicyclic amines) is 1. The van der Waals surface area contributed by atoms with Gasteiger partial charge in [-0.1, -0.05) is 6.07 Å². The number of pyridine rings is 1. The third kappa shape index (κ3) is 3.36. The number of ether oxygens (including phenoxy) is 1. The number of anilines is 1. The minimum absolute atomic E-state index is 0.0515. The molecule has 2 aliphatic heterocycles. The molecule has 4 rings (SSSR count). The van der Waals surface area contributed by atoms with Gasteiger partial charge in [0, 0.05) is 30.7 Å². The van der Waals surface area contributed by atoms with E-state index in [1.807, 2.05) is 12.1 Å². The average molecular weight is 343 g/mol. The molecule has 24 heavy (non-hydrogen) atoms. The monoisotopic (exact) mass is 343 g/mol. The number of carbonyl (C=O) groups is 1. The van der Waals surface area contributed by atoms with E-state index in [2.05, 4.69) is 32.7 Å².